The second-order valence-corrected chi connectivity index (χ2v) is 5.27. The maximum Gasteiger partial charge on any atom is 0.330 e. The van der Waals surface area contributed by atoms with E-state index in [0.29, 0.717) is 0 Å². The smallest absolute Gasteiger partial charge is 0.330 e. The number of nitrogens with two attached hydrogens (primary N) is 3. The molecule has 6 N–H and O–H groups in total. The Bertz CT molecular complexity index is 561. The van der Waals surface area contributed by atoms with Crippen molar-refractivity contribution in [2.45, 2.75) is 44.6 Å². The van der Waals surface area contributed by atoms with Crippen molar-refractivity contribution in [1.82, 2.24) is 0 Å². The minimum absolute atomic E-state index is 0.136. The number of carbonyl (C=O) groups is 6. The Morgan fingerprint density at radius 2 is 1.08 bits per heavy atom. The molecule has 0 aromatic heterocycles. The van der Waals surface area contributed by atoms with Crippen molar-refractivity contribution >= 4 is 35.4 Å². The van der Waals surface area contributed by atoms with E-state index in [0.717, 1.165) is 0 Å². The molecule has 0 aliphatic rings. The summed E-state index contributed by atoms with van der Waals surface area (Å²) in [5.74, 6) is -4.54. The number of hydrogen-bond acceptors (Lipinski definition) is 11. The summed E-state index contributed by atoms with van der Waals surface area (Å²) in [5.41, 5.74) is 15.6. The van der Waals surface area contributed by atoms with Gasteiger partial charge in [0, 0.05) is 19.3 Å². The first kappa shape index (κ1) is 23.5. The van der Waals surface area contributed by atoms with E-state index in [1.165, 1.54) is 0 Å². The highest BCUT2D eigenvalue weighted by Gasteiger charge is 2.21. The van der Waals surface area contributed by atoms with Crippen LogP contribution in [0.25, 0.3) is 0 Å². The third kappa shape index (κ3) is 11.1. The van der Waals surface area contributed by atoms with Crippen LogP contribution in [0, 0.1) is 0 Å². The standard InChI is InChI=1S/C15H23N3O8/c16-7-9(19)1-4-12(21)25-13(22)6-3-11(18)15(24)26-14(23)5-2-10(20)8-17/h11H,1-8,16-18H2/t11-/m0/s1. The largest absolute Gasteiger partial charge is 0.393 e. The van der Waals surface area contributed by atoms with Gasteiger partial charge in [-0.05, 0) is 6.42 Å². The van der Waals surface area contributed by atoms with Gasteiger partial charge in [0.15, 0.2) is 0 Å². The summed E-state index contributed by atoms with van der Waals surface area (Å²) in [7, 11) is 0. The maximum absolute atomic E-state index is 11.6. The first-order valence-electron chi connectivity index (χ1n) is 7.86. The van der Waals surface area contributed by atoms with Gasteiger partial charge in [-0.15, -0.1) is 0 Å². The van der Waals surface area contributed by atoms with Crippen LogP contribution in [0.15, 0.2) is 0 Å². The highest BCUT2D eigenvalue weighted by atomic mass is 16.6. The Morgan fingerprint density at radius 1 is 0.654 bits per heavy atom. The zero-order valence-corrected chi connectivity index (χ0v) is 14.2. The molecule has 0 amide bonds. The summed E-state index contributed by atoms with van der Waals surface area (Å²) < 4.78 is 8.87. The molecule has 0 saturated heterocycles. The van der Waals surface area contributed by atoms with Gasteiger partial charge in [0.2, 0.25) is 0 Å². The normalized spacial score (nSPS) is 11.3. The Morgan fingerprint density at radius 3 is 1.54 bits per heavy atom. The summed E-state index contributed by atoms with van der Waals surface area (Å²) in [6.07, 6.45) is -1.48. The van der Waals surface area contributed by atoms with E-state index >= 15 is 0 Å². The lowest BCUT2D eigenvalue weighted by atomic mass is 10.1. The third-order valence-corrected chi connectivity index (χ3v) is 3.08. The molecule has 146 valence electrons. The number of ether oxygens (including phenoxy) is 2. The van der Waals surface area contributed by atoms with Crippen molar-refractivity contribution in [2.24, 2.45) is 17.2 Å². The van der Waals surface area contributed by atoms with E-state index in [1.807, 2.05) is 0 Å². The molecule has 0 aromatic rings. The lowest BCUT2D eigenvalue weighted by Gasteiger charge is -2.09. The van der Waals surface area contributed by atoms with E-state index in [1.54, 1.807) is 0 Å². The van der Waals surface area contributed by atoms with Crippen molar-refractivity contribution in [3.63, 3.8) is 0 Å². The van der Waals surface area contributed by atoms with Crippen LogP contribution in [0.1, 0.15) is 38.5 Å². The van der Waals surface area contributed by atoms with Crippen LogP contribution in [0.4, 0.5) is 0 Å². The van der Waals surface area contributed by atoms with Crippen molar-refractivity contribution < 1.29 is 38.2 Å². The number of carbonyl (C=O) groups excluding carboxylic acids is 6. The molecule has 0 aromatic carbocycles. The average Bonchev–Trinajstić information content (AvgIpc) is 2.61. The molecule has 11 nitrogen and oxygen atoms in total. The van der Waals surface area contributed by atoms with Crippen molar-refractivity contribution in [1.29, 1.82) is 0 Å². The van der Waals surface area contributed by atoms with E-state index in [9.17, 15) is 28.8 Å². The fourth-order valence-corrected chi connectivity index (χ4v) is 1.55. The van der Waals surface area contributed by atoms with Gasteiger partial charge in [0.05, 0.1) is 25.9 Å². The molecule has 0 aliphatic carbocycles. The van der Waals surface area contributed by atoms with Gasteiger partial charge >= 0.3 is 23.9 Å². The predicted molar refractivity (Wildman–Crippen MR) is 86.0 cm³/mol. The monoisotopic (exact) mass is 373 g/mol. The van der Waals surface area contributed by atoms with Crippen LogP contribution < -0.4 is 17.2 Å². The molecule has 0 radical (unpaired) electrons. The molecule has 0 spiro atoms. The second-order valence-electron chi connectivity index (χ2n) is 5.27. The van der Waals surface area contributed by atoms with Crippen molar-refractivity contribution in [2.75, 3.05) is 13.1 Å². The highest BCUT2D eigenvalue weighted by molar-refractivity contribution is 5.91. The number of esters is 4. The number of ketones is 2. The van der Waals surface area contributed by atoms with Crippen LogP contribution >= 0.6 is 0 Å². The predicted octanol–water partition coefficient (Wildman–Crippen LogP) is -2.15. The maximum atomic E-state index is 11.6. The quantitative estimate of drug-likeness (QED) is 0.249. The molecular formula is C15H23N3O8. The first-order chi connectivity index (χ1) is 12.2. The molecule has 26 heavy (non-hydrogen) atoms. The van der Waals surface area contributed by atoms with Gasteiger partial charge in [-0.3, -0.25) is 24.0 Å². The fourth-order valence-electron chi connectivity index (χ4n) is 1.55. The lowest BCUT2D eigenvalue weighted by molar-refractivity contribution is -0.161. The fraction of sp³-hybridized carbons (Fsp3) is 0.600. The van der Waals surface area contributed by atoms with Crippen LogP contribution in [0.5, 0.6) is 0 Å². The average molecular weight is 373 g/mol. The highest BCUT2D eigenvalue weighted by Crippen LogP contribution is 2.03. The SMILES string of the molecule is NCC(=O)CCC(=O)OC(=O)CC[C@H](N)C(=O)OC(=O)CCC(=O)CN. The Balaban J connectivity index is 4.09. The molecule has 0 bridgehead atoms. The van der Waals surface area contributed by atoms with Crippen LogP contribution in [-0.2, 0) is 38.2 Å². The summed E-state index contributed by atoms with van der Waals surface area (Å²) >= 11 is 0. The number of hydrogen-bond donors (Lipinski definition) is 3. The molecule has 0 rings (SSSR count). The first-order valence-corrected chi connectivity index (χ1v) is 7.86. The molecule has 1 atom stereocenters. The summed E-state index contributed by atoms with van der Waals surface area (Å²) in [4.78, 5) is 67.6. The van der Waals surface area contributed by atoms with Crippen LogP contribution in [0.2, 0.25) is 0 Å². The topological polar surface area (TPSA) is 199 Å². The van der Waals surface area contributed by atoms with Crippen LogP contribution in [0.3, 0.4) is 0 Å². The molecule has 0 unspecified atom stereocenters. The zero-order valence-electron chi connectivity index (χ0n) is 14.2. The molecule has 0 aliphatic heterocycles. The minimum Gasteiger partial charge on any atom is -0.393 e. The second kappa shape index (κ2) is 12.8. The van der Waals surface area contributed by atoms with Crippen molar-refractivity contribution in [3.8, 4) is 0 Å². The van der Waals surface area contributed by atoms with Gasteiger partial charge in [-0.1, -0.05) is 0 Å². The molecule has 0 fully saturated rings. The Labute approximate surface area is 149 Å². The summed E-state index contributed by atoms with van der Waals surface area (Å²) in [5, 5.41) is 0. The van der Waals surface area contributed by atoms with E-state index in [4.69, 9.17) is 17.2 Å². The molecule has 0 saturated carbocycles. The van der Waals surface area contributed by atoms with Gasteiger partial charge in [0.1, 0.15) is 17.6 Å². The Kier molecular flexibility index (Phi) is 11.6. The van der Waals surface area contributed by atoms with Gasteiger partial charge in [0.25, 0.3) is 0 Å². The zero-order chi connectivity index (χ0) is 20.1. The summed E-state index contributed by atoms with van der Waals surface area (Å²) in [6, 6.07) is -1.29. The Hall–Kier alpha value is -2.50. The summed E-state index contributed by atoms with van der Waals surface area (Å²) in [6.45, 7) is -0.431. The molecule has 0 heterocycles. The molecule has 11 heteroatoms. The van der Waals surface area contributed by atoms with Gasteiger partial charge < -0.3 is 26.7 Å². The van der Waals surface area contributed by atoms with Crippen LogP contribution in [-0.4, -0.2) is 54.6 Å². The van der Waals surface area contributed by atoms with E-state index < -0.39 is 29.9 Å². The van der Waals surface area contributed by atoms with E-state index in [2.05, 4.69) is 9.47 Å². The third-order valence-electron chi connectivity index (χ3n) is 3.08. The number of rotatable bonds is 12. The van der Waals surface area contributed by atoms with Crippen molar-refractivity contribution in [3.05, 3.63) is 0 Å². The number of Topliss-reactive ketones (excluding diaryl/α,β-unsaturated/α-hetero) is 2. The lowest BCUT2D eigenvalue weighted by Crippen LogP contribution is -2.34. The minimum atomic E-state index is -1.29. The van der Waals surface area contributed by atoms with Gasteiger partial charge in [-0.25, -0.2) is 4.79 Å². The molecular weight excluding hydrogens is 350 g/mol. The van der Waals surface area contributed by atoms with Gasteiger partial charge in [-0.2, -0.15) is 0 Å². The van der Waals surface area contributed by atoms with E-state index in [-0.39, 0.29) is 63.2 Å².